The number of halogens is 1. The summed E-state index contributed by atoms with van der Waals surface area (Å²) in [4.78, 5) is 0. The number of hydrogen-bond donors (Lipinski definition) is 1. The van der Waals surface area contributed by atoms with E-state index in [1.165, 1.54) is 5.30 Å². The van der Waals surface area contributed by atoms with E-state index in [0.29, 0.717) is 23.3 Å². The van der Waals surface area contributed by atoms with Crippen LogP contribution in [0.5, 0.6) is 0 Å². The first-order valence-electron chi connectivity index (χ1n) is 9.82. The number of anilines is 1. The summed E-state index contributed by atoms with van der Waals surface area (Å²) in [5.41, 5.74) is 1.89. The summed E-state index contributed by atoms with van der Waals surface area (Å²) in [7, 11) is -2.18. The molecule has 0 aromatic heterocycles. The Morgan fingerprint density at radius 3 is 2.38 bits per heavy atom. The molecule has 0 aliphatic carbocycles. The van der Waals surface area contributed by atoms with E-state index in [-0.39, 0.29) is 5.16 Å². The molecule has 1 unspecified atom stereocenters. The predicted molar refractivity (Wildman–Crippen MR) is 130 cm³/mol. The van der Waals surface area contributed by atoms with Gasteiger partial charge in [-0.1, -0.05) is 68.8 Å². The third-order valence-corrected chi connectivity index (χ3v) is 10.4. The number of ether oxygens (including phenoxy) is 1. The second-order valence-corrected chi connectivity index (χ2v) is 12.8. The first-order chi connectivity index (χ1) is 13.7. The molecule has 4 nitrogen and oxygen atoms in total. The van der Waals surface area contributed by atoms with Crippen molar-refractivity contribution in [3.05, 3.63) is 59.1 Å². The van der Waals surface area contributed by atoms with Crippen LogP contribution in [0.2, 0.25) is 5.02 Å². The molecular weight excluding hydrogens is 421 g/mol. The summed E-state index contributed by atoms with van der Waals surface area (Å²) in [5.74, 6) is 0. The van der Waals surface area contributed by atoms with Gasteiger partial charge in [0.2, 0.25) is 0 Å². The van der Waals surface area contributed by atoms with Crippen LogP contribution in [-0.4, -0.2) is 41.2 Å². The molecule has 2 aromatic carbocycles. The van der Waals surface area contributed by atoms with Crippen molar-refractivity contribution >= 4 is 47.1 Å². The van der Waals surface area contributed by atoms with Gasteiger partial charge in [0.05, 0.1) is 20.4 Å². The van der Waals surface area contributed by atoms with Gasteiger partial charge >= 0.3 is 0 Å². The lowest BCUT2D eigenvalue weighted by molar-refractivity contribution is 0.0738. The number of morpholine rings is 1. The van der Waals surface area contributed by atoms with Gasteiger partial charge in [0.1, 0.15) is 0 Å². The van der Waals surface area contributed by atoms with E-state index in [0.717, 1.165) is 24.3 Å². The molecule has 7 heteroatoms. The smallest absolute Gasteiger partial charge is 0.197 e. The van der Waals surface area contributed by atoms with Gasteiger partial charge in [-0.15, -0.1) is 0 Å². The Labute approximate surface area is 184 Å². The molecule has 156 valence electrons. The molecule has 1 aliphatic heterocycles. The van der Waals surface area contributed by atoms with Gasteiger partial charge in [-0.25, -0.2) is 4.74 Å². The molecule has 3 rings (SSSR count). The fourth-order valence-electron chi connectivity index (χ4n) is 3.68. The zero-order chi connectivity index (χ0) is 21.1. The first-order valence-corrected chi connectivity index (χ1v) is 12.3. The Morgan fingerprint density at radius 1 is 1.14 bits per heavy atom. The van der Waals surface area contributed by atoms with Crippen LogP contribution in [0, 0.1) is 6.92 Å². The highest BCUT2D eigenvalue weighted by atomic mass is 35.5. The van der Waals surface area contributed by atoms with Gasteiger partial charge in [-0.3, -0.25) is 4.67 Å². The quantitative estimate of drug-likeness (QED) is 0.466. The average molecular weight is 450 g/mol. The Balaban J connectivity index is 2.10. The van der Waals surface area contributed by atoms with E-state index in [9.17, 15) is 0 Å². The lowest BCUT2D eigenvalue weighted by Crippen LogP contribution is -2.43. The summed E-state index contributed by atoms with van der Waals surface area (Å²) in [5, 5.41) is 5.64. The predicted octanol–water partition coefficient (Wildman–Crippen LogP) is 5.92. The van der Waals surface area contributed by atoms with Crippen molar-refractivity contribution in [2.24, 2.45) is 4.74 Å². The van der Waals surface area contributed by atoms with Crippen LogP contribution in [-0.2, 0) is 4.74 Å². The van der Waals surface area contributed by atoms with E-state index in [4.69, 9.17) is 33.3 Å². The zero-order valence-corrected chi connectivity index (χ0v) is 20.0. The van der Waals surface area contributed by atoms with Crippen LogP contribution in [0.15, 0.2) is 53.3 Å². The van der Waals surface area contributed by atoms with Gasteiger partial charge in [-0.05, 0) is 36.8 Å². The summed E-state index contributed by atoms with van der Waals surface area (Å²) in [6.45, 7) is 11.9. The molecule has 0 saturated carbocycles. The molecule has 1 aliphatic rings. The second kappa shape index (κ2) is 9.28. The average Bonchev–Trinajstić information content (AvgIpc) is 2.69. The summed E-state index contributed by atoms with van der Waals surface area (Å²) < 4.78 is 13.4. The van der Waals surface area contributed by atoms with Gasteiger partial charge in [0.15, 0.2) is 5.11 Å². The number of benzene rings is 2. The van der Waals surface area contributed by atoms with Crippen LogP contribution >= 0.6 is 31.0 Å². The van der Waals surface area contributed by atoms with Crippen molar-refractivity contribution in [2.75, 3.05) is 31.6 Å². The topological polar surface area (TPSA) is 36.9 Å². The van der Waals surface area contributed by atoms with Crippen LogP contribution in [0.25, 0.3) is 0 Å². The Kier molecular flexibility index (Phi) is 7.19. The highest BCUT2D eigenvalue weighted by Crippen LogP contribution is 2.62. The molecular formula is C22H29ClN3OPS. The van der Waals surface area contributed by atoms with Gasteiger partial charge in [-0.2, -0.15) is 0 Å². The minimum Gasteiger partial charge on any atom is -0.379 e. The van der Waals surface area contributed by atoms with Crippen molar-refractivity contribution in [2.45, 2.75) is 32.9 Å². The lowest BCUT2D eigenvalue weighted by atomic mass is 10.2. The van der Waals surface area contributed by atoms with Crippen LogP contribution < -0.4 is 10.6 Å². The fraction of sp³-hybridized carbons (Fsp3) is 0.409. The largest absolute Gasteiger partial charge is 0.379 e. The number of nitrogens with zero attached hydrogens (tertiary/aromatic N) is 2. The minimum atomic E-state index is -2.18. The molecule has 1 fully saturated rings. The molecule has 0 bridgehead atoms. The first kappa shape index (κ1) is 22.5. The van der Waals surface area contributed by atoms with Gasteiger partial charge in [0.25, 0.3) is 0 Å². The monoisotopic (exact) mass is 449 g/mol. The molecule has 1 saturated heterocycles. The maximum absolute atomic E-state index is 6.29. The van der Waals surface area contributed by atoms with E-state index >= 15 is 0 Å². The molecule has 1 heterocycles. The maximum Gasteiger partial charge on any atom is 0.197 e. The highest BCUT2D eigenvalue weighted by Gasteiger charge is 2.41. The Morgan fingerprint density at radius 2 is 1.79 bits per heavy atom. The number of thiocarbonyl (C=S) groups is 1. The Hall–Kier alpha value is -1.23. The van der Waals surface area contributed by atoms with Gasteiger partial charge in [0, 0.05) is 34.3 Å². The second-order valence-electron chi connectivity index (χ2n) is 8.17. The van der Waals surface area contributed by atoms with E-state index in [1.807, 2.05) is 31.2 Å². The number of rotatable bonds is 3. The highest BCUT2D eigenvalue weighted by molar-refractivity contribution is 7.82. The third-order valence-electron chi connectivity index (χ3n) is 5.11. The van der Waals surface area contributed by atoms with Crippen molar-refractivity contribution < 1.29 is 4.74 Å². The van der Waals surface area contributed by atoms with Gasteiger partial charge < -0.3 is 10.1 Å². The zero-order valence-electron chi connectivity index (χ0n) is 17.5. The summed E-state index contributed by atoms with van der Waals surface area (Å²) >= 11 is 12.0. The molecule has 0 amide bonds. The molecule has 1 N–H and O–H groups in total. The number of hydrogen-bond acceptors (Lipinski definition) is 2. The molecule has 0 radical (unpaired) electrons. The fourth-order valence-corrected chi connectivity index (χ4v) is 8.46. The SMILES string of the molecule is Cc1ccc(NC(=S)N=P(c2ccccc2)(N2CCOCC2)C(C)(C)C)cc1Cl. The Bertz CT molecular complexity index is 921. The minimum absolute atomic E-state index is 0.0949. The number of aryl methyl sites for hydroxylation is 1. The maximum atomic E-state index is 6.29. The van der Waals surface area contributed by atoms with Crippen molar-refractivity contribution in [3.63, 3.8) is 0 Å². The van der Waals surface area contributed by atoms with Crippen LogP contribution in [0.4, 0.5) is 5.69 Å². The van der Waals surface area contributed by atoms with Crippen molar-refractivity contribution in [3.8, 4) is 0 Å². The lowest BCUT2D eigenvalue weighted by Gasteiger charge is -2.46. The normalized spacial score (nSPS) is 17.4. The van der Waals surface area contributed by atoms with Crippen molar-refractivity contribution in [1.29, 1.82) is 0 Å². The van der Waals surface area contributed by atoms with E-state index in [2.05, 4.69) is 55.0 Å². The molecule has 1 atom stereocenters. The number of nitrogens with one attached hydrogen (secondary N) is 1. The molecule has 0 spiro atoms. The van der Waals surface area contributed by atoms with Crippen LogP contribution in [0.3, 0.4) is 0 Å². The van der Waals surface area contributed by atoms with E-state index < -0.39 is 7.21 Å². The van der Waals surface area contributed by atoms with Crippen LogP contribution in [0.1, 0.15) is 26.3 Å². The summed E-state index contributed by atoms with van der Waals surface area (Å²) in [6.07, 6.45) is 0. The third kappa shape index (κ3) is 4.92. The molecule has 2 aromatic rings. The standard InChI is InChI=1S/C22H29ClN3OPS/c1-17-10-11-18(16-20(17)23)24-21(29)25-28(22(2,3)4,19-8-6-5-7-9-19)26-12-14-27-15-13-26/h5-11,16H,12-15H2,1-4H3,(H,24,29). The van der Waals surface area contributed by atoms with Crippen molar-refractivity contribution in [1.82, 2.24) is 4.67 Å². The van der Waals surface area contributed by atoms with E-state index in [1.54, 1.807) is 0 Å². The molecule has 29 heavy (non-hydrogen) atoms. The summed E-state index contributed by atoms with van der Waals surface area (Å²) in [6, 6.07) is 16.4.